The number of nitrogen functional groups attached to an aromatic ring is 1. The van der Waals surface area contributed by atoms with Crippen LogP contribution in [0.2, 0.25) is 0 Å². The van der Waals surface area contributed by atoms with Gasteiger partial charge in [0.2, 0.25) is 0 Å². The molecule has 1 atom stereocenters. The van der Waals surface area contributed by atoms with Crippen molar-refractivity contribution in [3.8, 4) is 0 Å². The van der Waals surface area contributed by atoms with Crippen molar-refractivity contribution in [3.63, 3.8) is 0 Å². The first-order chi connectivity index (χ1) is 6.19. The summed E-state index contributed by atoms with van der Waals surface area (Å²) >= 11 is 3.33. The number of halogens is 1. The minimum atomic E-state index is -0.0897. The van der Waals surface area contributed by atoms with Gasteiger partial charge in [-0.3, -0.25) is 0 Å². The van der Waals surface area contributed by atoms with Gasteiger partial charge in [0.15, 0.2) is 0 Å². The van der Waals surface area contributed by atoms with Gasteiger partial charge < -0.3 is 16.2 Å². The largest absolute Gasteiger partial charge is 0.398 e. The number of aliphatic hydroxyl groups excluding tert-OH is 1. The van der Waals surface area contributed by atoms with Gasteiger partial charge in [0.1, 0.15) is 0 Å². The number of anilines is 1. The van der Waals surface area contributed by atoms with Crippen LogP contribution in [0, 0.1) is 0 Å². The first-order valence-corrected chi connectivity index (χ1v) is 4.81. The van der Waals surface area contributed by atoms with Gasteiger partial charge in [0, 0.05) is 10.2 Å². The van der Waals surface area contributed by atoms with Crippen molar-refractivity contribution in [3.05, 3.63) is 28.2 Å². The zero-order chi connectivity index (χ0) is 9.84. The quantitative estimate of drug-likeness (QED) is 0.703. The molecule has 72 valence electrons. The topological polar surface area (TPSA) is 58.3 Å². The average Bonchev–Trinajstić information content (AvgIpc) is 2.10. The summed E-state index contributed by atoms with van der Waals surface area (Å²) in [7, 11) is 1.79. The molecule has 0 aliphatic rings. The van der Waals surface area contributed by atoms with Gasteiger partial charge in [-0.2, -0.15) is 0 Å². The molecule has 0 amide bonds. The van der Waals surface area contributed by atoms with Crippen LogP contribution in [0.4, 0.5) is 5.69 Å². The highest BCUT2D eigenvalue weighted by Gasteiger charge is 2.10. The van der Waals surface area contributed by atoms with E-state index in [0.29, 0.717) is 5.69 Å². The molecule has 0 spiro atoms. The van der Waals surface area contributed by atoms with E-state index in [1.54, 1.807) is 7.05 Å². The number of nitrogens with one attached hydrogen (secondary N) is 1. The Kier molecular flexibility index (Phi) is 3.71. The molecule has 3 nitrogen and oxygen atoms in total. The maximum atomic E-state index is 9.04. The Morgan fingerprint density at radius 2 is 2.31 bits per heavy atom. The number of rotatable bonds is 3. The smallest absolute Gasteiger partial charge is 0.0627 e. The van der Waals surface area contributed by atoms with Crippen LogP contribution in [-0.4, -0.2) is 18.8 Å². The third-order valence-electron chi connectivity index (χ3n) is 1.96. The van der Waals surface area contributed by atoms with E-state index in [4.69, 9.17) is 10.8 Å². The Labute approximate surface area is 86.1 Å². The molecule has 1 rings (SSSR count). The summed E-state index contributed by atoms with van der Waals surface area (Å²) in [5, 5.41) is 12.0. The molecule has 13 heavy (non-hydrogen) atoms. The van der Waals surface area contributed by atoms with Gasteiger partial charge in [-0.25, -0.2) is 0 Å². The van der Waals surface area contributed by atoms with Crippen LogP contribution >= 0.6 is 15.9 Å². The van der Waals surface area contributed by atoms with Crippen LogP contribution in [0.1, 0.15) is 11.6 Å². The lowest BCUT2D eigenvalue weighted by molar-refractivity contribution is 0.251. The molecule has 1 aromatic carbocycles. The Bertz CT molecular complexity index is 287. The summed E-state index contributed by atoms with van der Waals surface area (Å²) in [5.74, 6) is 0. The number of hydrogen-bond donors (Lipinski definition) is 3. The summed E-state index contributed by atoms with van der Waals surface area (Å²) in [4.78, 5) is 0. The van der Waals surface area contributed by atoms with E-state index in [9.17, 15) is 0 Å². The van der Waals surface area contributed by atoms with E-state index in [1.165, 1.54) is 0 Å². The van der Waals surface area contributed by atoms with Crippen LogP contribution in [0.25, 0.3) is 0 Å². The monoisotopic (exact) mass is 244 g/mol. The predicted molar refractivity (Wildman–Crippen MR) is 57.4 cm³/mol. The zero-order valence-corrected chi connectivity index (χ0v) is 9.01. The molecular formula is C9H13BrN2O. The van der Waals surface area contributed by atoms with E-state index < -0.39 is 0 Å². The fourth-order valence-corrected chi connectivity index (χ4v) is 1.59. The molecule has 0 bridgehead atoms. The zero-order valence-electron chi connectivity index (χ0n) is 7.42. The third kappa shape index (κ3) is 2.43. The maximum absolute atomic E-state index is 9.04. The summed E-state index contributed by atoms with van der Waals surface area (Å²) in [6.45, 7) is 0.0440. The van der Waals surface area contributed by atoms with Crippen molar-refractivity contribution in [2.75, 3.05) is 19.4 Å². The van der Waals surface area contributed by atoms with Crippen molar-refractivity contribution >= 4 is 21.6 Å². The Morgan fingerprint density at radius 1 is 1.62 bits per heavy atom. The SMILES string of the molecule is CNC(CO)c1ccc(Br)cc1N. The van der Waals surface area contributed by atoms with E-state index in [0.717, 1.165) is 10.0 Å². The average molecular weight is 245 g/mol. The Hall–Kier alpha value is -0.580. The molecule has 0 aliphatic heterocycles. The number of benzene rings is 1. The van der Waals surface area contributed by atoms with E-state index in [-0.39, 0.29) is 12.6 Å². The number of aliphatic hydroxyl groups is 1. The normalized spacial score (nSPS) is 12.8. The molecular weight excluding hydrogens is 232 g/mol. The Balaban J connectivity index is 2.99. The van der Waals surface area contributed by atoms with Crippen molar-refractivity contribution in [1.29, 1.82) is 0 Å². The maximum Gasteiger partial charge on any atom is 0.0627 e. The van der Waals surface area contributed by atoms with Crippen molar-refractivity contribution in [2.24, 2.45) is 0 Å². The van der Waals surface area contributed by atoms with Crippen LogP contribution < -0.4 is 11.1 Å². The second-order valence-corrected chi connectivity index (χ2v) is 3.71. The second-order valence-electron chi connectivity index (χ2n) is 2.80. The highest BCUT2D eigenvalue weighted by molar-refractivity contribution is 9.10. The fraction of sp³-hybridized carbons (Fsp3) is 0.333. The first kappa shape index (κ1) is 10.5. The van der Waals surface area contributed by atoms with Crippen molar-refractivity contribution < 1.29 is 5.11 Å². The minimum Gasteiger partial charge on any atom is -0.398 e. The number of likely N-dealkylation sites (N-methyl/N-ethyl adjacent to an activating group) is 1. The molecule has 0 aliphatic carbocycles. The lowest BCUT2D eigenvalue weighted by Crippen LogP contribution is -2.21. The van der Waals surface area contributed by atoms with Crippen LogP contribution in [0.5, 0.6) is 0 Å². The van der Waals surface area contributed by atoms with Gasteiger partial charge >= 0.3 is 0 Å². The molecule has 0 heterocycles. The van der Waals surface area contributed by atoms with E-state index in [2.05, 4.69) is 21.2 Å². The molecule has 4 N–H and O–H groups in total. The molecule has 0 fully saturated rings. The van der Waals surface area contributed by atoms with E-state index in [1.807, 2.05) is 18.2 Å². The minimum absolute atomic E-state index is 0.0440. The second kappa shape index (κ2) is 4.60. The van der Waals surface area contributed by atoms with Gasteiger partial charge in [-0.15, -0.1) is 0 Å². The lowest BCUT2D eigenvalue weighted by atomic mass is 10.1. The third-order valence-corrected chi connectivity index (χ3v) is 2.45. The summed E-state index contributed by atoms with van der Waals surface area (Å²) in [6, 6.07) is 5.55. The highest BCUT2D eigenvalue weighted by Crippen LogP contribution is 2.23. The summed E-state index contributed by atoms with van der Waals surface area (Å²) < 4.78 is 0.946. The molecule has 1 aromatic rings. The molecule has 0 saturated carbocycles. The Morgan fingerprint density at radius 3 is 2.77 bits per heavy atom. The van der Waals surface area contributed by atoms with Crippen LogP contribution in [0.15, 0.2) is 22.7 Å². The molecule has 0 saturated heterocycles. The van der Waals surface area contributed by atoms with Gasteiger partial charge in [-0.1, -0.05) is 22.0 Å². The first-order valence-electron chi connectivity index (χ1n) is 4.02. The van der Waals surface area contributed by atoms with Gasteiger partial charge in [-0.05, 0) is 24.7 Å². The molecule has 1 unspecified atom stereocenters. The lowest BCUT2D eigenvalue weighted by Gasteiger charge is -2.15. The number of hydrogen-bond acceptors (Lipinski definition) is 3. The number of nitrogens with two attached hydrogens (primary N) is 1. The van der Waals surface area contributed by atoms with Crippen molar-refractivity contribution in [1.82, 2.24) is 5.32 Å². The predicted octanol–water partition coefficient (Wildman–Crippen LogP) is 1.28. The van der Waals surface area contributed by atoms with Crippen LogP contribution in [-0.2, 0) is 0 Å². The van der Waals surface area contributed by atoms with Gasteiger partial charge in [0.05, 0.1) is 12.6 Å². The highest BCUT2D eigenvalue weighted by atomic mass is 79.9. The van der Waals surface area contributed by atoms with Gasteiger partial charge in [0.25, 0.3) is 0 Å². The molecule has 4 heteroatoms. The molecule has 0 aromatic heterocycles. The summed E-state index contributed by atoms with van der Waals surface area (Å²) in [5.41, 5.74) is 7.40. The van der Waals surface area contributed by atoms with E-state index >= 15 is 0 Å². The fourth-order valence-electron chi connectivity index (χ4n) is 1.21. The van der Waals surface area contributed by atoms with Crippen LogP contribution in [0.3, 0.4) is 0 Å². The standard InChI is InChI=1S/C9H13BrN2O/c1-12-9(5-13)7-3-2-6(10)4-8(7)11/h2-4,9,12-13H,5,11H2,1H3. The molecule has 0 radical (unpaired) electrons. The van der Waals surface area contributed by atoms with Crippen molar-refractivity contribution in [2.45, 2.75) is 6.04 Å². The summed E-state index contributed by atoms with van der Waals surface area (Å²) in [6.07, 6.45) is 0.